The van der Waals surface area contributed by atoms with Gasteiger partial charge in [-0.25, -0.2) is 4.68 Å². The lowest BCUT2D eigenvalue weighted by molar-refractivity contribution is -0.384. The molecule has 0 aliphatic rings. The summed E-state index contributed by atoms with van der Waals surface area (Å²) in [5, 5.41) is 19.3. The van der Waals surface area contributed by atoms with Gasteiger partial charge < -0.3 is 5.32 Å². The van der Waals surface area contributed by atoms with Crippen molar-refractivity contribution >= 4 is 23.1 Å². The van der Waals surface area contributed by atoms with Gasteiger partial charge in [-0.15, -0.1) is 0 Å². The molecule has 2 rings (SSSR count). The lowest BCUT2D eigenvalue weighted by Gasteiger charge is -2.06. The Morgan fingerprint density at radius 2 is 2.19 bits per heavy atom. The van der Waals surface area contributed by atoms with Crippen LogP contribution in [-0.4, -0.2) is 14.7 Å². The molecule has 0 saturated heterocycles. The van der Waals surface area contributed by atoms with E-state index in [0.717, 1.165) is 5.56 Å². The molecule has 2 aromatic rings. The van der Waals surface area contributed by atoms with Gasteiger partial charge in [0.15, 0.2) is 0 Å². The molecule has 0 saturated carbocycles. The SMILES string of the molecule is CC(C)c1nn(C)c(NCc2cccc(Cl)c2)c1[N+](=O)[O-]. The minimum absolute atomic E-state index is 0.0154. The first-order chi connectivity index (χ1) is 9.90. The van der Waals surface area contributed by atoms with Crippen molar-refractivity contribution in [3.8, 4) is 0 Å². The van der Waals surface area contributed by atoms with Crippen molar-refractivity contribution in [2.24, 2.45) is 7.05 Å². The van der Waals surface area contributed by atoms with Crippen LogP contribution in [0.15, 0.2) is 24.3 Å². The van der Waals surface area contributed by atoms with E-state index in [-0.39, 0.29) is 16.5 Å². The van der Waals surface area contributed by atoms with Crippen LogP contribution in [0.1, 0.15) is 31.0 Å². The van der Waals surface area contributed by atoms with Gasteiger partial charge in [-0.2, -0.15) is 5.10 Å². The molecule has 1 heterocycles. The van der Waals surface area contributed by atoms with Crippen LogP contribution in [0.4, 0.5) is 11.5 Å². The van der Waals surface area contributed by atoms with E-state index in [1.54, 1.807) is 13.1 Å². The molecule has 112 valence electrons. The summed E-state index contributed by atoms with van der Waals surface area (Å²) in [7, 11) is 1.69. The van der Waals surface area contributed by atoms with Crippen molar-refractivity contribution in [1.82, 2.24) is 9.78 Å². The average Bonchev–Trinajstić information content (AvgIpc) is 2.74. The molecule has 1 aromatic heterocycles. The Morgan fingerprint density at radius 1 is 1.48 bits per heavy atom. The molecule has 0 aliphatic carbocycles. The van der Waals surface area contributed by atoms with Crippen molar-refractivity contribution in [1.29, 1.82) is 0 Å². The number of benzene rings is 1. The summed E-state index contributed by atoms with van der Waals surface area (Å²) in [6.07, 6.45) is 0. The first kappa shape index (κ1) is 15.3. The monoisotopic (exact) mass is 308 g/mol. The van der Waals surface area contributed by atoms with Crippen molar-refractivity contribution in [2.45, 2.75) is 26.3 Å². The molecule has 7 heteroatoms. The minimum atomic E-state index is -0.386. The molecule has 0 fully saturated rings. The number of rotatable bonds is 5. The Bertz CT molecular complexity index is 667. The number of aromatic nitrogens is 2. The highest BCUT2D eigenvalue weighted by Gasteiger charge is 2.28. The molecule has 0 unspecified atom stereocenters. The predicted molar refractivity (Wildman–Crippen MR) is 82.7 cm³/mol. The number of anilines is 1. The van der Waals surface area contributed by atoms with Crippen LogP contribution in [0.25, 0.3) is 0 Å². The molecule has 0 spiro atoms. The number of aryl methyl sites for hydroxylation is 1. The molecule has 0 radical (unpaired) electrons. The number of nitro groups is 1. The maximum Gasteiger partial charge on any atom is 0.334 e. The Morgan fingerprint density at radius 3 is 2.76 bits per heavy atom. The zero-order valence-corrected chi connectivity index (χ0v) is 12.9. The maximum atomic E-state index is 11.3. The second kappa shape index (κ2) is 6.13. The summed E-state index contributed by atoms with van der Waals surface area (Å²) >= 11 is 5.93. The van der Waals surface area contributed by atoms with Gasteiger partial charge >= 0.3 is 5.69 Å². The van der Waals surface area contributed by atoms with Crippen molar-refractivity contribution in [3.63, 3.8) is 0 Å². The van der Waals surface area contributed by atoms with Gasteiger partial charge in [-0.1, -0.05) is 37.6 Å². The fourth-order valence-corrected chi connectivity index (χ4v) is 2.35. The molecule has 0 amide bonds. The van der Waals surface area contributed by atoms with Gasteiger partial charge in [0.25, 0.3) is 0 Å². The van der Waals surface area contributed by atoms with Crippen LogP contribution >= 0.6 is 11.6 Å². The normalized spacial score (nSPS) is 10.9. The number of nitrogens with zero attached hydrogens (tertiary/aromatic N) is 3. The predicted octanol–water partition coefficient (Wildman–Crippen LogP) is 3.72. The van der Waals surface area contributed by atoms with E-state index in [0.29, 0.717) is 23.1 Å². The van der Waals surface area contributed by atoms with Crippen LogP contribution in [0, 0.1) is 10.1 Å². The maximum absolute atomic E-state index is 11.3. The smallest absolute Gasteiger partial charge is 0.334 e. The third kappa shape index (κ3) is 3.33. The molecule has 1 aromatic carbocycles. The number of hydrogen-bond acceptors (Lipinski definition) is 4. The molecule has 0 aliphatic heterocycles. The Hall–Kier alpha value is -2.08. The molecular weight excluding hydrogens is 292 g/mol. The average molecular weight is 309 g/mol. The standard InChI is InChI=1S/C14H17ClN4O2/c1-9(2)12-13(19(20)21)14(18(3)17-12)16-8-10-5-4-6-11(15)7-10/h4-7,9,16H,8H2,1-3H3. The molecule has 6 nitrogen and oxygen atoms in total. The second-order valence-electron chi connectivity index (χ2n) is 5.10. The van der Waals surface area contributed by atoms with Gasteiger partial charge in [0, 0.05) is 24.5 Å². The highest BCUT2D eigenvalue weighted by Crippen LogP contribution is 2.33. The number of hydrogen-bond donors (Lipinski definition) is 1. The first-order valence-corrected chi connectivity index (χ1v) is 6.97. The van der Waals surface area contributed by atoms with E-state index in [2.05, 4.69) is 10.4 Å². The summed E-state index contributed by atoms with van der Waals surface area (Å²) in [6, 6.07) is 7.36. The number of nitrogens with one attached hydrogen (secondary N) is 1. The third-order valence-corrected chi connectivity index (χ3v) is 3.36. The lowest BCUT2D eigenvalue weighted by atomic mass is 10.1. The van der Waals surface area contributed by atoms with E-state index < -0.39 is 0 Å². The fourth-order valence-electron chi connectivity index (χ4n) is 2.13. The minimum Gasteiger partial charge on any atom is -0.360 e. The van der Waals surface area contributed by atoms with E-state index >= 15 is 0 Å². The van der Waals surface area contributed by atoms with Crippen LogP contribution in [0.2, 0.25) is 5.02 Å². The highest BCUT2D eigenvalue weighted by molar-refractivity contribution is 6.30. The van der Waals surface area contributed by atoms with Crippen LogP contribution in [0.3, 0.4) is 0 Å². The van der Waals surface area contributed by atoms with E-state index in [1.807, 2.05) is 32.0 Å². The molecule has 21 heavy (non-hydrogen) atoms. The largest absolute Gasteiger partial charge is 0.360 e. The third-order valence-electron chi connectivity index (χ3n) is 3.13. The van der Waals surface area contributed by atoms with Crippen LogP contribution < -0.4 is 5.32 Å². The van der Waals surface area contributed by atoms with Gasteiger partial charge in [0.05, 0.1) is 4.92 Å². The summed E-state index contributed by atoms with van der Waals surface area (Å²) in [5.74, 6) is 0.391. The molecular formula is C14H17ClN4O2. The van der Waals surface area contributed by atoms with Crippen LogP contribution in [-0.2, 0) is 13.6 Å². The van der Waals surface area contributed by atoms with Crippen molar-refractivity contribution in [3.05, 3.63) is 50.7 Å². The molecule has 1 N–H and O–H groups in total. The van der Waals surface area contributed by atoms with Crippen molar-refractivity contribution in [2.75, 3.05) is 5.32 Å². The first-order valence-electron chi connectivity index (χ1n) is 6.59. The molecule has 0 bridgehead atoms. The van der Waals surface area contributed by atoms with E-state index in [4.69, 9.17) is 11.6 Å². The topological polar surface area (TPSA) is 73.0 Å². The summed E-state index contributed by atoms with van der Waals surface area (Å²) in [6.45, 7) is 4.21. The van der Waals surface area contributed by atoms with Crippen LogP contribution in [0.5, 0.6) is 0 Å². The summed E-state index contributed by atoms with van der Waals surface area (Å²) in [4.78, 5) is 10.9. The number of halogens is 1. The molecule has 0 atom stereocenters. The zero-order valence-electron chi connectivity index (χ0n) is 12.1. The quantitative estimate of drug-likeness (QED) is 0.675. The summed E-state index contributed by atoms with van der Waals surface area (Å²) in [5.41, 5.74) is 1.47. The van der Waals surface area contributed by atoms with E-state index in [9.17, 15) is 10.1 Å². The zero-order chi connectivity index (χ0) is 15.6. The van der Waals surface area contributed by atoms with Gasteiger partial charge in [0.1, 0.15) is 5.69 Å². The Kier molecular flexibility index (Phi) is 4.47. The Balaban J connectivity index is 2.29. The lowest BCUT2D eigenvalue weighted by Crippen LogP contribution is -2.06. The van der Waals surface area contributed by atoms with E-state index in [1.165, 1.54) is 4.68 Å². The fraction of sp³-hybridized carbons (Fsp3) is 0.357. The highest BCUT2D eigenvalue weighted by atomic mass is 35.5. The summed E-state index contributed by atoms with van der Waals surface area (Å²) < 4.78 is 1.51. The second-order valence-corrected chi connectivity index (χ2v) is 5.54. The van der Waals surface area contributed by atoms with Gasteiger partial charge in [-0.05, 0) is 17.7 Å². The van der Waals surface area contributed by atoms with Gasteiger partial charge in [-0.3, -0.25) is 10.1 Å². The van der Waals surface area contributed by atoms with Gasteiger partial charge in [0.2, 0.25) is 5.82 Å². The van der Waals surface area contributed by atoms with Crippen molar-refractivity contribution < 1.29 is 4.92 Å². The Labute approximate surface area is 127 Å².